The normalized spacial score (nSPS) is 10.5. The SMILES string of the molecule is Clc1ccc(-c2[c]c(-c3ccccc3)on2)cc1. The number of hydrogen-bond acceptors (Lipinski definition) is 2. The van der Waals surface area contributed by atoms with Gasteiger partial charge in [-0.2, -0.15) is 0 Å². The van der Waals surface area contributed by atoms with Gasteiger partial charge in [0.2, 0.25) is 0 Å². The first-order valence-electron chi connectivity index (χ1n) is 5.53. The predicted octanol–water partition coefficient (Wildman–Crippen LogP) is 4.46. The molecule has 3 aromatic rings. The minimum atomic E-state index is 0.639. The van der Waals surface area contributed by atoms with E-state index in [1.807, 2.05) is 54.6 Å². The van der Waals surface area contributed by atoms with E-state index in [0.29, 0.717) is 16.5 Å². The molecule has 3 rings (SSSR count). The van der Waals surface area contributed by atoms with E-state index in [0.717, 1.165) is 11.1 Å². The van der Waals surface area contributed by atoms with Crippen LogP contribution in [0.1, 0.15) is 0 Å². The fourth-order valence-electron chi connectivity index (χ4n) is 1.69. The Labute approximate surface area is 110 Å². The highest BCUT2D eigenvalue weighted by Gasteiger charge is 2.08. The van der Waals surface area contributed by atoms with Crippen LogP contribution < -0.4 is 0 Å². The van der Waals surface area contributed by atoms with Gasteiger partial charge >= 0.3 is 0 Å². The quantitative estimate of drug-likeness (QED) is 0.675. The molecule has 0 atom stereocenters. The van der Waals surface area contributed by atoms with Gasteiger partial charge in [-0.05, 0) is 12.1 Å². The molecule has 0 fully saturated rings. The molecule has 2 aromatic carbocycles. The molecule has 0 saturated heterocycles. The molecule has 18 heavy (non-hydrogen) atoms. The summed E-state index contributed by atoms with van der Waals surface area (Å²) in [5, 5.41) is 4.72. The van der Waals surface area contributed by atoms with Crippen LogP contribution in [0.2, 0.25) is 5.02 Å². The Kier molecular flexibility index (Phi) is 2.87. The Morgan fingerprint density at radius 1 is 0.889 bits per heavy atom. The monoisotopic (exact) mass is 254 g/mol. The summed E-state index contributed by atoms with van der Waals surface area (Å²) in [6.07, 6.45) is 0. The zero-order valence-electron chi connectivity index (χ0n) is 9.43. The van der Waals surface area contributed by atoms with E-state index >= 15 is 0 Å². The summed E-state index contributed by atoms with van der Waals surface area (Å²) in [4.78, 5) is 0. The Morgan fingerprint density at radius 2 is 1.61 bits per heavy atom. The van der Waals surface area contributed by atoms with E-state index in [1.54, 1.807) is 0 Å². The van der Waals surface area contributed by atoms with Crippen molar-refractivity contribution in [3.63, 3.8) is 0 Å². The lowest BCUT2D eigenvalue weighted by Gasteiger charge is -1.94. The van der Waals surface area contributed by atoms with Crippen molar-refractivity contribution in [1.82, 2.24) is 5.16 Å². The highest BCUT2D eigenvalue weighted by Crippen LogP contribution is 2.25. The van der Waals surface area contributed by atoms with Crippen LogP contribution in [0, 0.1) is 6.07 Å². The van der Waals surface area contributed by atoms with Gasteiger partial charge in [-0.1, -0.05) is 59.2 Å². The molecule has 1 aromatic heterocycles. The molecule has 87 valence electrons. The molecule has 0 bridgehead atoms. The summed E-state index contributed by atoms with van der Waals surface area (Å²) in [6, 6.07) is 20.4. The molecule has 0 saturated carbocycles. The van der Waals surface area contributed by atoms with E-state index in [-0.39, 0.29) is 0 Å². The molecule has 0 aliphatic carbocycles. The van der Waals surface area contributed by atoms with Gasteiger partial charge in [-0.15, -0.1) is 0 Å². The standard InChI is InChI=1S/C15H9ClNO/c16-13-8-6-11(7-9-13)14-10-15(18-17-14)12-4-2-1-3-5-12/h1-9H. The summed E-state index contributed by atoms with van der Waals surface area (Å²) in [6.45, 7) is 0. The average Bonchev–Trinajstić information content (AvgIpc) is 2.90. The minimum absolute atomic E-state index is 0.639. The van der Waals surface area contributed by atoms with Crippen molar-refractivity contribution >= 4 is 11.6 Å². The van der Waals surface area contributed by atoms with Gasteiger partial charge in [0.1, 0.15) is 5.69 Å². The first-order chi connectivity index (χ1) is 8.83. The third-order valence-electron chi connectivity index (χ3n) is 2.61. The molecule has 3 heteroatoms. The topological polar surface area (TPSA) is 26.0 Å². The average molecular weight is 255 g/mol. The van der Waals surface area contributed by atoms with E-state index < -0.39 is 0 Å². The number of benzene rings is 2. The molecule has 0 N–H and O–H groups in total. The number of nitrogens with zero attached hydrogens (tertiary/aromatic N) is 1. The first-order valence-corrected chi connectivity index (χ1v) is 5.91. The largest absolute Gasteiger partial charge is 0.355 e. The van der Waals surface area contributed by atoms with E-state index in [1.165, 1.54) is 0 Å². The Balaban J connectivity index is 1.97. The van der Waals surface area contributed by atoms with Crippen LogP contribution in [0.15, 0.2) is 59.1 Å². The summed E-state index contributed by atoms with van der Waals surface area (Å²) in [5.41, 5.74) is 2.58. The molecule has 0 amide bonds. The van der Waals surface area contributed by atoms with Gasteiger partial charge in [-0.3, -0.25) is 0 Å². The third-order valence-corrected chi connectivity index (χ3v) is 2.87. The predicted molar refractivity (Wildman–Crippen MR) is 71.2 cm³/mol. The lowest BCUT2D eigenvalue weighted by molar-refractivity contribution is 0.435. The third kappa shape index (κ3) is 2.15. The van der Waals surface area contributed by atoms with Crippen LogP contribution in [0.25, 0.3) is 22.6 Å². The second kappa shape index (κ2) is 4.67. The van der Waals surface area contributed by atoms with Gasteiger partial charge in [0.05, 0.1) is 6.07 Å². The second-order valence-electron chi connectivity index (χ2n) is 3.86. The van der Waals surface area contributed by atoms with E-state index in [4.69, 9.17) is 16.1 Å². The van der Waals surface area contributed by atoms with Crippen molar-refractivity contribution in [3.05, 3.63) is 65.7 Å². The number of halogens is 1. The highest BCUT2D eigenvalue weighted by molar-refractivity contribution is 6.30. The minimum Gasteiger partial charge on any atom is -0.355 e. The van der Waals surface area contributed by atoms with Crippen molar-refractivity contribution in [2.75, 3.05) is 0 Å². The van der Waals surface area contributed by atoms with Gasteiger partial charge < -0.3 is 4.52 Å². The molecule has 0 aliphatic rings. The van der Waals surface area contributed by atoms with E-state index in [9.17, 15) is 0 Å². The fourth-order valence-corrected chi connectivity index (χ4v) is 1.82. The van der Waals surface area contributed by atoms with Crippen molar-refractivity contribution in [2.45, 2.75) is 0 Å². The molecule has 1 radical (unpaired) electrons. The van der Waals surface area contributed by atoms with Crippen LogP contribution in [-0.2, 0) is 0 Å². The Hall–Kier alpha value is -2.06. The molecule has 2 nitrogen and oxygen atoms in total. The summed E-state index contributed by atoms with van der Waals surface area (Å²) in [5.74, 6) is 0.639. The second-order valence-corrected chi connectivity index (χ2v) is 4.29. The van der Waals surface area contributed by atoms with Crippen LogP contribution >= 0.6 is 11.6 Å². The maximum Gasteiger partial charge on any atom is 0.175 e. The first kappa shape index (κ1) is 11.1. The molecular formula is C15H9ClNO. The number of rotatable bonds is 2. The van der Waals surface area contributed by atoms with Crippen LogP contribution in [0.5, 0.6) is 0 Å². The Bertz CT molecular complexity index is 644. The van der Waals surface area contributed by atoms with Gasteiger partial charge in [0.25, 0.3) is 0 Å². The zero-order chi connectivity index (χ0) is 12.4. The molecule has 0 aliphatic heterocycles. The summed E-state index contributed by atoms with van der Waals surface area (Å²) < 4.78 is 5.30. The zero-order valence-corrected chi connectivity index (χ0v) is 10.2. The maximum absolute atomic E-state index is 5.85. The Morgan fingerprint density at radius 3 is 2.33 bits per heavy atom. The summed E-state index contributed by atoms with van der Waals surface area (Å²) in [7, 11) is 0. The molecule has 1 heterocycles. The van der Waals surface area contributed by atoms with Crippen LogP contribution in [0.4, 0.5) is 0 Å². The van der Waals surface area contributed by atoms with Gasteiger partial charge in [0.15, 0.2) is 5.76 Å². The van der Waals surface area contributed by atoms with Crippen molar-refractivity contribution in [3.8, 4) is 22.6 Å². The van der Waals surface area contributed by atoms with Crippen LogP contribution in [0.3, 0.4) is 0 Å². The molecular weight excluding hydrogens is 246 g/mol. The van der Waals surface area contributed by atoms with Crippen molar-refractivity contribution in [1.29, 1.82) is 0 Å². The lowest BCUT2D eigenvalue weighted by Crippen LogP contribution is -1.75. The van der Waals surface area contributed by atoms with E-state index in [2.05, 4.69) is 11.2 Å². The summed E-state index contributed by atoms with van der Waals surface area (Å²) >= 11 is 5.85. The van der Waals surface area contributed by atoms with Gasteiger partial charge in [-0.25, -0.2) is 0 Å². The highest BCUT2D eigenvalue weighted by atomic mass is 35.5. The number of aromatic nitrogens is 1. The fraction of sp³-hybridized carbons (Fsp3) is 0. The maximum atomic E-state index is 5.85. The molecule has 0 spiro atoms. The van der Waals surface area contributed by atoms with Crippen LogP contribution in [-0.4, -0.2) is 5.16 Å². The lowest BCUT2D eigenvalue weighted by atomic mass is 10.1. The van der Waals surface area contributed by atoms with Gasteiger partial charge in [0, 0.05) is 16.1 Å². The van der Waals surface area contributed by atoms with Crippen molar-refractivity contribution < 1.29 is 4.52 Å². The smallest absolute Gasteiger partial charge is 0.175 e. The van der Waals surface area contributed by atoms with Crippen molar-refractivity contribution in [2.24, 2.45) is 0 Å². The molecule has 0 unspecified atom stereocenters. The number of hydrogen-bond donors (Lipinski definition) is 0.